The van der Waals surface area contributed by atoms with E-state index < -0.39 is 17.8 Å². The first kappa shape index (κ1) is 16.5. The third-order valence-electron chi connectivity index (χ3n) is 3.00. The third-order valence-corrected chi connectivity index (χ3v) is 3.74. The largest absolute Gasteiger partial charge is 0.416 e. The van der Waals surface area contributed by atoms with Gasteiger partial charge in [0.05, 0.1) is 5.56 Å². The Kier molecular flexibility index (Phi) is 5.17. The maximum atomic E-state index is 12.5. The zero-order valence-corrected chi connectivity index (χ0v) is 12.5. The number of rotatable bonds is 2. The van der Waals surface area contributed by atoms with E-state index in [1.165, 1.54) is 12.1 Å². The van der Waals surface area contributed by atoms with Crippen LogP contribution in [0, 0.1) is 11.8 Å². The number of alkyl halides is 3. The summed E-state index contributed by atoms with van der Waals surface area (Å²) in [6, 6.07) is 11.8. The fourth-order valence-corrected chi connectivity index (χ4v) is 2.17. The van der Waals surface area contributed by atoms with Crippen molar-refractivity contribution in [3.8, 4) is 11.8 Å². The first-order valence-corrected chi connectivity index (χ1v) is 7.63. The fraction of sp³-hybridized carbons (Fsp3) is 0.176. The van der Waals surface area contributed by atoms with E-state index in [0.717, 1.165) is 22.6 Å². The van der Waals surface area contributed by atoms with E-state index in [-0.39, 0.29) is 0 Å². The van der Waals surface area contributed by atoms with Crippen LogP contribution >= 0.6 is 11.8 Å². The molecule has 0 bridgehead atoms. The van der Waals surface area contributed by atoms with Crippen LogP contribution in [0.1, 0.15) is 22.8 Å². The Morgan fingerprint density at radius 2 is 1.59 bits per heavy atom. The number of aliphatic hydroxyl groups excluding tert-OH is 1. The van der Waals surface area contributed by atoms with Crippen molar-refractivity contribution in [3.63, 3.8) is 0 Å². The van der Waals surface area contributed by atoms with Gasteiger partial charge in [-0.25, -0.2) is 0 Å². The summed E-state index contributed by atoms with van der Waals surface area (Å²) in [7, 11) is 0. The molecule has 1 N–H and O–H groups in total. The molecule has 0 heterocycles. The summed E-state index contributed by atoms with van der Waals surface area (Å²) in [6.45, 7) is 0. The molecule has 0 aliphatic rings. The van der Waals surface area contributed by atoms with Crippen molar-refractivity contribution in [2.45, 2.75) is 17.2 Å². The van der Waals surface area contributed by atoms with Gasteiger partial charge in [0.25, 0.3) is 0 Å². The van der Waals surface area contributed by atoms with Crippen molar-refractivity contribution in [2.75, 3.05) is 6.26 Å². The first-order chi connectivity index (χ1) is 10.4. The quantitative estimate of drug-likeness (QED) is 0.648. The lowest BCUT2D eigenvalue weighted by Crippen LogP contribution is -2.05. The average molecular weight is 322 g/mol. The normalized spacial score (nSPS) is 12.4. The molecule has 0 aromatic heterocycles. The second kappa shape index (κ2) is 6.91. The van der Waals surface area contributed by atoms with Gasteiger partial charge in [0.1, 0.15) is 6.10 Å². The summed E-state index contributed by atoms with van der Waals surface area (Å²) >= 11 is 1.61. The van der Waals surface area contributed by atoms with Crippen LogP contribution in [-0.2, 0) is 6.18 Å². The van der Waals surface area contributed by atoms with Crippen LogP contribution in [0.15, 0.2) is 53.4 Å². The van der Waals surface area contributed by atoms with Crippen LogP contribution in [0.25, 0.3) is 0 Å². The van der Waals surface area contributed by atoms with E-state index in [1.807, 2.05) is 30.5 Å². The highest BCUT2D eigenvalue weighted by Crippen LogP contribution is 2.29. The zero-order valence-electron chi connectivity index (χ0n) is 11.7. The van der Waals surface area contributed by atoms with Crippen LogP contribution in [0.2, 0.25) is 0 Å². The van der Waals surface area contributed by atoms with Crippen molar-refractivity contribution in [1.82, 2.24) is 0 Å². The number of halogens is 3. The van der Waals surface area contributed by atoms with E-state index in [1.54, 1.807) is 11.8 Å². The predicted molar refractivity (Wildman–Crippen MR) is 81.5 cm³/mol. The molecular formula is C17H13F3OS. The molecule has 0 saturated carbocycles. The lowest BCUT2D eigenvalue weighted by atomic mass is 10.1. The van der Waals surface area contributed by atoms with Crippen LogP contribution in [0.4, 0.5) is 13.2 Å². The Morgan fingerprint density at radius 1 is 1.00 bits per heavy atom. The van der Waals surface area contributed by atoms with Gasteiger partial charge in [-0.1, -0.05) is 24.0 Å². The SMILES string of the molecule is CSc1ccc(C#C[C@H](O)c2ccc(C(F)(F)F)cc2)cc1. The third kappa shape index (κ3) is 4.30. The predicted octanol–water partition coefficient (Wildman–Crippen LogP) is 4.51. The average Bonchev–Trinajstić information content (AvgIpc) is 2.52. The molecule has 1 atom stereocenters. The van der Waals surface area contributed by atoms with Gasteiger partial charge < -0.3 is 5.11 Å². The highest BCUT2D eigenvalue weighted by Gasteiger charge is 2.30. The Bertz CT molecular complexity index is 679. The van der Waals surface area contributed by atoms with Gasteiger partial charge in [0.15, 0.2) is 0 Å². The van der Waals surface area contributed by atoms with Crippen molar-refractivity contribution in [2.24, 2.45) is 0 Å². The van der Waals surface area contributed by atoms with Gasteiger partial charge in [0.2, 0.25) is 0 Å². The van der Waals surface area contributed by atoms with Gasteiger partial charge in [0, 0.05) is 10.5 Å². The van der Waals surface area contributed by atoms with Crippen molar-refractivity contribution >= 4 is 11.8 Å². The molecule has 2 aromatic carbocycles. The molecule has 2 rings (SSSR count). The van der Waals surface area contributed by atoms with E-state index in [9.17, 15) is 18.3 Å². The van der Waals surface area contributed by atoms with Gasteiger partial charge >= 0.3 is 6.18 Å². The molecule has 0 radical (unpaired) electrons. The second-order valence-electron chi connectivity index (χ2n) is 4.52. The molecule has 0 saturated heterocycles. The number of hydrogen-bond donors (Lipinski definition) is 1. The van der Waals surface area contributed by atoms with Crippen LogP contribution < -0.4 is 0 Å². The monoisotopic (exact) mass is 322 g/mol. The summed E-state index contributed by atoms with van der Waals surface area (Å²) in [5, 5.41) is 9.92. The van der Waals surface area contributed by atoms with Gasteiger partial charge in [-0.2, -0.15) is 13.2 Å². The Morgan fingerprint density at radius 3 is 2.09 bits per heavy atom. The molecule has 0 unspecified atom stereocenters. The smallest absolute Gasteiger partial charge is 0.376 e. The molecule has 22 heavy (non-hydrogen) atoms. The van der Waals surface area contributed by atoms with E-state index in [0.29, 0.717) is 5.56 Å². The number of benzene rings is 2. The molecule has 5 heteroatoms. The minimum Gasteiger partial charge on any atom is -0.376 e. The van der Waals surface area contributed by atoms with Crippen molar-refractivity contribution in [3.05, 3.63) is 65.2 Å². The molecule has 114 valence electrons. The van der Waals surface area contributed by atoms with E-state index in [2.05, 4.69) is 11.8 Å². The van der Waals surface area contributed by atoms with Crippen LogP contribution in [0.3, 0.4) is 0 Å². The molecule has 0 aliphatic heterocycles. The zero-order chi connectivity index (χ0) is 16.2. The van der Waals surface area contributed by atoms with E-state index in [4.69, 9.17) is 0 Å². The maximum Gasteiger partial charge on any atom is 0.416 e. The Hall–Kier alpha value is -1.90. The molecule has 1 nitrogen and oxygen atoms in total. The van der Waals surface area contributed by atoms with Crippen LogP contribution in [-0.4, -0.2) is 11.4 Å². The first-order valence-electron chi connectivity index (χ1n) is 6.41. The minimum atomic E-state index is -4.38. The fourth-order valence-electron chi connectivity index (χ4n) is 1.76. The number of hydrogen-bond acceptors (Lipinski definition) is 2. The minimum absolute atomic E-state index is 0.334. The summed E-state index contributed by atoms with van der Waals surface area (Å²) in [5.41, 5.74) is 0.328. The van der Waals surface area contributed by atoms with Gasteiger partial charge in [-0.15, -0.1) is 11.8 Å². The summed E-state index contributed by atoms with van der Waals surface area (Å²) in [5.74, 6) is 5.44. The summed E-state index contributed by atoms with van der Waals surface area (Å²) < 4.78 is 37.4. The second-order valence-corrected chi connectivity index (χ2v) is 5.40. The number of thioether (sulfide) groups is 1. The van der Waals surface area contributed by atoms with Crippen molar-refractivity contribution in [1.29, 1.82) is 0 Å². The van der Waals surface area contributed by atoms with Gasteiger partial charge in [-0.3, -0.25) is 0 Å². The van der Waals surface area contributed by atoms with Crippen LogP contribution in [0.5, 0.6) is 0 Å². The lowest BCUT2D eigenvalue weighted by molar-refractivity contribution is -0.137. The standard InChI is InChI=1S/C17H13F3OS/c1-22-15-9-2-12(3-10-15)4-11-16(21)13-5-7-14(8-6-13)17(18,19)20/h2-3,5-10,16,21H,1H3/t16-/m0/s1. The van der Waals surface area contributed by atoms with Crippen molar-refractivity contribution < 1.29 is 18.3 Å². The van der Waals surface area contributed by atoms with Gasteiger partial charge in [-0.05, 0) is 48.2 Å². The molecule has 2 aromatic rings. The Labute approximate surface area is 131 Å². The summed E-state index contributed by atoms with van der Waals surface area (Å²) in [4.78, 5) is 1.11. The molecule has 0 amide bonds. The molecule has 0 aliphatic carbocycles. The maximum absolute atomic E-state index is 12.5. The lowest BCUT2D eigenvalue weighted by Gasteiger charge is -2.08. The highest BCUT2D eigenvalue weighted by molar-refractivity contribution is 7.98. The van der Waals surface area contributed by atoms with E-state index >= 15 is 0 Å². The Balaban J connectivity index is 2.12. The topological polar surface area (TPSA) is 20.2 Å². The molecular weight excluding hydrogens is 309 g/mol. The number of aliphatic hydroxyl groups is 1. The molecule has 0 spiro atoms. The summed E-state index contributed by atoms with van der Waals surface area (Å²) in [6.07, 6.45) is -3.54. The molecule has 0 fully saturated rings. The highest BCUT2D eigenvalue weighted by atomic mass is 32.2.